The lowest BCUT2D eigenvalue weighted by Crippen LogP contribution is -2.12. The minimum atomic E-state index is 0.445. The highest BCUT2D eigenvalue weighted by molar-refractivity contribution is 7.99. The summed E-state index contributed by atoms with van der Waals surface area (Å²) in [6, 6.07) is 12.0. The molecule has 0 saturated heterocycles. The smallest absolute Gasteiger partial charge is 0.147 e. The van der Waals surface area contributed by atoms with Crippen LogP contribution in [0.2, 0.25) is 0 Å². The molecule has 0 amide bonds. The lowest BCUT2D eigenvalue weighted by Gasteiger charge is -2.04. The molecule has 1 atom stereocenters. The molecule has 0 aliphatic rings. The topological polar surface area (TPSA) is 52.0 Å². The highest BCUT2D eigenvalue weighted by atomic mass is 32.2. The molecule has 0 spiro atoms. The second kappa shape index (κ2) is 5.89. The van der Waals surface area contributed by atoms with E-state index in [1.54, 1.807) is 11.8 Å². The average Bonchev–Trinajstić information content (AvgIpc) is 2.86. The number of hydrogen-bond acceptors (Lipinski definition) is 4. The molecule has 1 heterocycles. The Balaban J connectivity index is 2.01. The van der Waals surface area contributed by atoms with Gasteiger partial charge < -0.3 is 10.3 Å². The third-order valence-electron chi connectivity index (χ3n) is 2.47. The van der Waals surface area contributed by atoms with Crippen LogP contribution in [0.5, 0.6) is 0 Å². The highest BCUT2D eigenvalue weighted by Crippen LogP contribution is 2.22. The molecule has 2 rings (SSSR count). The fraction of sp³-hybridized carbons (Fsp3) is 0.308. The van der Waals surface area contributed by atoms with Crippen molar-refractivity contribution in [3.63, 3.8) is 0 Å². The molecule has 0 fully saturated rings. The van der Waals surface area contributed by atoms with Crippen molar-refractivity contribution in [2.75, 3.05) is 6.54 Å². The number of aromatic nitrogens is 1. The summed E-state index contributed by atoms with van der Waals surface area (Å²) in [5.41, 5.74) is 7.54. The van der Waals surface area contributed by atoms with Gasteiger partial charge in [0, 0.05) is 23.4 Å². The van der Waals surface area contributed by atoms with Crippen molar-refractivity contribution in [3.8, 4) is 11.3 Å². The zero-order valence-corrected chi connectivity index (χ0v) is 10.6. The predicted molar refractivity (Wildman–Crippen MR) is 71.8 cm³/mol. The van der Waals surface area contributed by atoms with Crippen LogP contribution >= 0.6 is 11.8 Å². The number of thioether (sulfide) groups is 1. The van der Waals surface area contributed by atoms with E-state index in [0.29, 0.717) is 11.8 Å². The number of nitrogens with zero attached hydrogens (tertiary/aromatic N) is 1. The van der Waals surface area contributed by atoms with Crippen molar-refractivity contribution in [2.45, 2.75) is 17.9 Å². The summed E-state index contributed by atoms with van der Waals surface area (Å²) in [6.45, 7) is 2.80. The van der Waals surface area contributed by atoms with Crippen LogP contribution in [0.1, 0.15) is 12.7 Å². The van der Waals surface area contributed by atoms with E-state index in [1.165, 1.54) is 0 Å². The summed E-state index contributed by atoms with van der Waals surface area (Å²) in [7, 11) is 0. The third kappa shape index (κ3) is 3.35. The van der Waals surface area contributed by atoms with Crippen molar-refractivity contribution in [1.82, 2.24) is 5.16 Å². The molecule has 1 aromatic heterocycles. The van der Waals surface area contributed by atoms with Crippen LogP contribution < -0.4 is 5.73 Å². The van der Waals surface area contributed by atoms with Crippen molar-refractivity contribution < 1.29 is 4.52 Å². The third-order valence-corrected chi connectivity index (χ3v) is 3.68. The molecule has 0 saturated carbocycles. The molecule has 2 aromatic rings. The summed E-state index contributed by atoms with van der Waals surface area (Å²) >= 11 is 1.78. The van der Waals surface area contributed by atoms with E-state index in [9.17, 15) is 0 Å². The Labute approximate surface area is 105 Å². The maximum Gasteiger partial charge on any atom is 0.147 e. The van der Waals surface area contributed by atoms with Crippen LogP contribution in [-0.4, -0.2) is 17.0 Å². The Bertz CT molecular complexity index is 455. The first-order valence-electron chi connectivity index (χ1n) is 5.62. The molecule has 0 bridgehead atoms. The van der Waals surface area contributed by atoms with Crippen LogP contribution in [0.15, 0.2) is 40.9 Å². The van der Waals surface area contributed by atoms with Gasteiger partial charge in [0.1, 0.15) is 11.5 Å². The van der Waals surface area contributed by atoms with E-state index in [2.05, 4.69) is 12.1 Å². The van der Waals surface area contributed by atoms with E-state index in [0.717, 1.165) is 22.8 Å². The first kappa shape index (κ1) is 12.2. The highest BCUT2D eigenvalue weighted by Gasteiger charge is 2.07. The van der Waals surface area contributed by atoms with Crippen LogP contribution in [0.25, 0.3) is 11.3 Å². The molecule has 0 aliphatic heterocycles. The van der Waals surface area contributed by atoms with Gasteiger partial charge >= 0.3 is 0 Å². The molecule has 3 nitrogen and oxygen atoms in total. The summed E-state index contributed by atoms with van der Waals surface area (Å²) in [6.07, 6.45) is 0. The van der Waals surface area contributed by atoms with Crippen LogP contribution in [0.4, 0.5) is 0 Å². The van der Waals surface area contributed by atoms with E-state index in [-0.39, 0.29) is 0 Å². The van der Waals surface area contributed by atoms with E-state index in [4.69, 9.17) is 10.3 Å². The SMILES string of the molecule is CC(CN)SCc1cc(-c2ccccc2)no1. The molecule has 2 N–H and O–H groups in total. The summed E-state index contributed by atoms with van der Waals surface area (Å²) < 4.78 is 5.30. The zero-order valence-electron chi connectivity index (χ0n) is 9.80. The second-order valence-corrected chi connectivity index (χ2v) is 5.33. The second-order valence-electron chi connectivity index (χ2n) is 3.90. The van der Waals surface area contributed by atoms with Gasteiger partial charge in [0.25, 0.3) is 0 Å². The fourth-order valence-electron chi connectivity index (χ4n) is 1.42. The van der Waals surface area contributed by atoms with Crippen LogP contribution in [0, 0.1) is 0 Å². The fourth-order valence-corrected chi connectivity index (χ4v) is 2.14. The van der Waals surface area contributed by atoms with Gasteiger partial charge in [-0.15, -0.1) is 11.8 Å². The Hall–Kier alpha value is -1.26. The standard InChI is InChI=1S/C13H16N2OS/c1-10(8-14)17-9-12-7-13(15-16-12)11-5-3-2-4-6-11/h2-7,10H,8-9,14H2,1H3. The van der Waals surface area contributed by atoms with Gasteiger partial charge in [0.05, 0.1) is 5.75 Å². The molecular weight excluding hydrogens is 232 g/mol. The molecule has 1 aromatic carbocycles. The van der Waals surface area contributed by atoms with Crippen molar-refractivity contribution in [2.24, 2.45) is 5.73 Å². The summed E-state index contributed by atoms with van der Waals surface area (Å²) in [5.74, 6) is 1.72. The quantitative estimate of drug-likeness (QED) is 0.884. The van der Waals surface area contributed by atoms with E-state index < -0.39 is 0 Å². The van der Waals surface area contributed by atoms with Crippen molar-refractivity contribution >= 4 is 11.8 Å². The van der Waals surface area contributed by atoms with Gasteiger partial charge in [-0.3, -0.25) is 0 Å². The minimum Gasteiger partial charge on any atom is -0.360 e. The Morgan fingerprint density at radius 2 is 2.12 bits per heavy atom. The normalized spacial score (nSPS) is 12.6. The van der Waals surface area contributed by atoms with E-state index >= 15 is 0 Å². The summed E-state index contributed by atoms with van der Waals surface area (Å²) in [5, 5.41) is 4.52. The molecule has 17 heavy (non-hydrogen) atoms. The molecule has 90 valence electrons. The largest absolute Gasteiger partial charge is 0.360 e. The monoisotopic (exact) mass is 248 g/mol. The van der Waals surface area contributed by atoms with Gasteiger partial charge in [0.15, 0.2) is 0 Å². The number of hydrogen-bond donors (Lipinski definition) is 1. The lowest BCUT2D eigenvalue weighted by molar-refractivity contribution is 0.397. The Morgan fingerprint density at radius 3 is 2.82 bits per heavy atom. The van der Waals surface area contributed by atoms with E-state index in [1.807, 2.05) is 36.4 Å². The Morgan fingerprint density at radius 1 is 1.35 bits per heavy atom. The molecule has 4 heteroatoms. The summed E-state index contributed by atoms with van der Waals surface area (Å²) in [4.78, 5) is 0. The first-order chi connectivity index (χ1) is 8.29. The number of rotatable bonds is 5. The van der Waals surface area contributed by atoms with Crippen molar-refractivity contribution in [3.05, 3.63) is 42.2 Å². The lowest BCUT2D eigenvalue weighted by atomic mass is 10.1. The van der Waals surface area contributed by atoms with Crippen molar-refractivity contribution in [1.29, 1.82) is 0 Å². The first-order valence-corrected chi connectivity index (χ1v) is 6.67. The molecule has 0 radical (unpaired) electrons. The molecular formula is C13H16N2OS. The number of benzene rings is 1. The average molecular weight is 248 g/mol. The van der Waals surface area contributed by atoms with Gasteiger partial charge in [-0.05, 0) is 0 Å². The predicted octanol–water partition coefficient (Wildman–Crippen LogP) is 2.92. The number of nitrogens with two attached hydrogens (primary N) is 1. The van der Waals surface area contributed by atoms with Crippen LogP contribution in [-0.2, 0) is 5.75 Å². The molecule has 0 aliphatic carbocycles. The van der Waals surface area contributed by atoms with Gasteiger partial charge in [0.2, 0.25) is 0 Å². The maximum atomic E-state index is 5.57. The molecule has 1 unspecified atom stereocenters. The van der Waals surface area contributed by atoms with Gasteiger partial charge in [-0.1, -0.05) is 42.4 Å². The zero-order chi connectivity index (χ0) is 12.1. The maximum absolute atomic E-state index is 5.57. The van der Waals surface area contributed by atoms with Crippen LogP contribution in [0.3, 0.4) is 0 Å². The Kier molecular flexibility index (Phi) is 4.23. The van der Waals surface area contributed by atoms with Gasteiger partial charge in [-0.25, -0.2) is 0 Å². The minimum absolute atomic E-state index is 0.445. The van der Waals surface area contributed by atoms with Gasteiger partial charge in [-0.2, -0.15) is 0 Å².